The first-order chi connectivity index (χ1) is 28.3. The molecule has 0 unspecified atom stereocenters. The molecule has 0 saturated carbocycles. The number of ether oxygens (including phenoxy) is 2. The number of fused-ring (bicyclic) bond motifs is 3. The molecular weight excluding hydrogens is 869 g/mol. The standard InChI is InChI=1S/C27H38N6O2Si.C17H27BrN4O2Si/c1-9-18-10-11-19-22(14-18)32(5)31-23(19)21-15-28-25-24(29-21)20(26(34)30-27(2,3)4)16-33(25)17-35-12-13-36(6,7)8;1-17(2,3)21-16(23)12-10-22(11-24-7-8-25(4,5)6)15-14(12)20-13(18)9-19-15/h10-11,14-16H,9,12-13,17H2,1-8H3,(H,30,34);9-10H,7-8,11H2,1-6H3,(H,21,23). The van der Waals surface area contributed by atoms with E-state index in [1.54, 1.807) is 24.8 Å². The van der Waals surface area contributed by atoms with E-state index in [0.717, 1.165) is 35.1 Å². The van der Waals surface area contributed by atoms with Gasteiger partial charge in [-0.15, -0.1) is 0 Å². The molecule has 5 aromatic heterocycles. The van der Waals surface area contributed by atoms with Gasteiger partial charge in [0.15, 0.2) is 11.3 Å². The highest BCUT2D eigenvalue weighted by Gasteiger charge is 2.25. The second-order valence-corrected chi connectivity index (χ2v) is 32.2. The van der Waals surface area contributed by atoms with Gasteiger partial charge in [-0.2, -0.15) is 5.10 Å². The summed E-state index contributed by atoms with van der Waals surface area (Å²) >= 11 is 3.33. The van der Waals surface area contributed by atoms with Crippen LogP contribution < -0.4 is 10.6 Å². The number of hydrogen-bond donors (Lipinski definition) is 2. The van der Waals surface area contributed by atoms with Gasteiger partial charge in [-0.3, -0.25) is 14.3 Å². The molecule has 6 rings (SSSR count). The molecule has 6 aromatic rings. The van der Waals surface area contributed by atoms with Gasteiger partial charge in [0, 0.05) is 65.3 Å². The summed E-state index contributed by atoms with van der Waals surface area (Å²) in [5.74, 6) is -0.344. The first kappa shape index (κ1) is 47.7. The molecule has 2 N–H and O–H groups in total. The van der Waals surface area contributed by atoms with Crippen molar-refractivity contribution >= 4 is 77.1 Å². The highest BCUT2D eigenvalue weighted by atomic mass is 79.9. The van der Waals surface area contributed by atoms with E-state index < -0.39 is 16.1 Å². The lowest BCUT2D eigenvalue weighted by molar-refractivity contribution is 0.0879. The van der Waals surface area contributed by atoms with Crippen LogP contribution in [0.25, 0.3) is 44.6 Å². The molecule has 0 spiro atoms. The molecule has 17 heteroatoms. The van der Waals surface area contributed by atoms with Crippen molar-refractivity contribution in [3.8, 4) is 11.4 Å². The fourth-order valence-electron chi connectivity index (χ4n) is 6.34. The normalized spacial score (nSPS) is 12.6. The average Bonchev–Trinajstić information content (AvgIpc) is 3.80. The number of aryl methyl sites for hydroxylation is 2. The zero-order valence-corrected chi connectivity index (χ0v) is 42.2. The quantitative estimate of drug-likeness (QED) is 0.0803. The van der Waals surface area contributed by atoms with E-state index in [9.17, 15) is 9.59 Å². The van der Waals surface area contributed by atoms with Gasteiger partial charge < -0.3 is 29.2 Å². The van der Waals surface area contributed by atoms with E-state index in [2.05, 4.69) is 101 Å². The van der Waals surface area contributed by atoms with Crippen molar-refractivity contribution in [2.75, 3.05) is 13.2 Å². The molecule has 0 aliphatic heterocycles. The largest absolute Gasteiger partial charge is 0.361 e. The second-order valence-electron chi connectivity index (χ2n) is 20.1. The van der Waals surface area contributed by atoms with E-state index >= 15 is 0 Å². The van der Waals surface area contributed by atoms with Gasteiger partial charge in [-0.25, -0.2) is 19.9 Å². The van der Waals surface area contributed by atoms with Crippen molar-refractivity contribution in [2.45, 2.75) is 131 Å². The minimum absolute atomic E-state index is 0.161. The summed E-state index contributed by atoms with van der Waals surface area (Å²) in [6, 6.07) is 8.55. The molecule has 0 radical (unpaired) electrons. The monoisotopic (exact) mass is 932 g/mol. The number of amides is 2. The second kappa shape index (κ2) is 19.0. The molecule has 0 aliphatic carbocycles. The lowest BCUT2D eigenvalue weighted by atomic mass is 10.1. The minimum Gasteiger partial charge on any atom is -0.361 e. The van der Waals surface area contributed by atoms with Crippen molar-refractivity contribution in [3.63, 3.8) is 0 Å². The van der Waals surface area contributed by atoms with Crippen molar-refractivity contribution < 1.29 is 19.1 Å². The average molecular weight is 934 g/mol. The molecule has 5 heterocycles. The van der Waals surface area contributed by atoms with Crippen LogP contribution in [0.15, 0.2) is 47.6 Å². The predicted molar refractivity (Wildman–Crippen MR) is 254 cm³/mol. The highest BCUT2D eigenvalue weighted by Crippen LogP contribution is 2.30. The Hall–Kier alpha value is -4.30. The van der Waals surface area contributed by atoms with E-state index in [1.165, 1.54) is 5.56 Å². The number of carbonyl (C=O) groups excluding carboxylic acids is 2. The number of nitrogens with one attached hydrogen (secondary N) is 2. The van der Waals surface area contributed by atoms with E-state index in [-0.39, 0.29) is 22.9 Å². The number of benzene rings is 1. The Morgan fingerprint density at radius 1 is 0.754 bits per heavy atom. The van der Waals surface area contributed by atoms with Gasteiger partial charge in [0.1, 0.15) is 40.5 Å². The summed E-state index contributed by atoms with van der Waals surface area (Å²) in [7, 11) is -0.386. The summed E-state index contributed by atoms with van der Waals surface area (Å²) in [5.41, 5.74) is 6.38. The number of hydrogen-bond acceptors (Lipinski definition) is 9. The molecule has 0 atom stereocenters. The van der Waals surface area contributed by atoms with E-state index in [4.69, 9.17) is 24.5 Å². The van der Waals surface area contributed by atoms with Crippen molar-refractivity contribution in [3.05, 3.63) is 64.3 Å². The maximum atomic E-state index is 13.2. The first-order valence-corrected chi connectivity index (χ1v) is 29.2. The zero-order chi connectivity index (χ0) is 45.1. The Bertz CT molecular complexity index is 2500. The van der Waals surface area contributed by atoms with Crippen LogP contribution in [0, 0.1) is 0 Å². The number of carbonyl (C=O) groups is 2. The van der Waals surface area contributed by atoms with Crippen LogP contribution in [0.5, 0.6) is 0 Å². The van der Waals surface area contributed by atoms with Gasteiger partial charge in [0.2, 0.25) is 0 Å². The Morgan fingerprint density at radius 3 is 1.72 bits per heavy atom. The topological polar surface area (TPSA) is 156 Å². The molecule has 2 amide bonds. The van der Waals surface area contributed by atoms with Crippen molar-refractivity contribution in [1.29, 1.82) is 0 Å². The maximum absolute atomic E-state index is 13.2. The van der Waals surface area contributed by atoms with Crippen LogP contribution in [0.1, 0.15) is 74.7 Å². The highest BCUT2D eigenvalue weighted by molar-refractivity contribution is 9.10. The van der Waals surface area contributed by atoms with Crippen LogP contribution in [-0.4, -0.2) is 91.1 Å². The van der Waals surface area contributed by atoms with Gasteiger partial charge in [-0.05, 0) is 87.6 Å². The van der Waals surface area contributed by atoms with Crippen LogP contribution in [0.4, 0.5) is 0 Å². The molecule has 0 fully saturated rings. The molecule has 1 aromatic carbocycles. The molecule has 61 heavy (non-hydrogen) atoms. The fraction of sp³-hybridized carbons (Fsp3) is 0.523. The smallest absolute Gasteiger partial charge is 0.255 e. The van der Waals surface area contributed by atoms with Gasteiger partial charge in [-0.1, -0.05) is 58.3 Å². The number of rotatable bonds is 14. The van der Waals surface area contributed by atoms with Crippen LogP contribution in [-0.2, 0) is 36.4 Å². The molecule has 14 nitrogen and oxygen atoms in total. The predicted octanol–water partition coefficient (Wildman–Crippen LogP) is 9.42. The third-order valence-electron chi connectivity index (χ3n) is 9.59. The van der Waals surface area contributed by atoms with Crippen LogP contribution in [0.3, 0.4) is 0 Å². The Morgan fingerprint density at radius 2 is 1.25 bits per heavy atom. The summed E-state index contributed by atoms with van der Waals surface area (Å²) in [6.07, 6.45) is 7.90. The van der Waals surface area contributed by atoms with Gasteiger partial charge >= 0.3 is 0 Å². The minimum atomic E-state index is -1.20. The molecule has 330 valence electrons. The maximum Gasteiger partial charge on any atom is 0.255 e. The van der Waals surface area contributed by atoms with E-state index in [1.807, 2.05) is 62.4 Å². The van der Waals surface area contributed by atoms with Crippen molar-refractivity contribution in [1.82, 2.24) is 49.5 Å². The first-order valence-electron chi connectivity index (χ1n) is 21.0. The third-order valence-corrected chi connectivity index (χ3v) is 13.4. The summed E-state index contributed by atoms with van der Waals surface area (Å²) in [5, 5.41) is 11.8. The summed E-state index contributed by atoms with van der Waals surface area (Å²) < 4.78 is 18.0. The molecule has 0 bridgehead atoms. The molecular formula is C44H65BrN10O4Si2. The Balaban J connectivity index is 0.000000247. The van der Waals surface area contributed by atoms with E-state index in [0.29, 0.717) is 70.4 Å². The van der Waals surface area contributed by atoms with Crippen LogP contribution in [0.2, 0.25) is 51.4 Å². The Kier molecular flexibility index (Phi) is 14.9. The zero-order valence-electron chi connectivity index (χ0n) is 38.6. The lowest BCUT2D eigenvalue weighted by Gasteiger charge is -2.20. The molecule has 0 saturated heterocycles. The summed E-state index contributed by atoms with van der Waals surface area (Å²) in [4.78, 5) is 44.4. The van der Waals surface area contributed by atoms with Crippen LogP contribution >= 0.6 is 15.9 Å². The summed E-state index contributed by atoms with van der Waals surface area (Å²) in [6.45, 7) is 29.9. The fourth-order valence-corrected chi connectivity index (χ4v) is 8.13. The third kappa shape index (κ3) is 13.1. The lowest BCUT2D eigenvalue weighted by Crippen LogP contribution is -2.40. The van der Waals surface area contributed by atoms with Gasteiger partial charge in [0.25, 0.3) is 11.8 Å². The van der Waals surface area contributed by atoms with Gasteiger partial charge in [0.05, 0.1) is 29.0 Å². The number of nitrogens with zero attached hydrogens (tertiary/aromatic N) is 8. The number of halogens is 1. The number of aromatic nitrogens is 8. The molecule has 0 aliphatic rings. The van der Waals surface area contributed by atoms with Crippen molar-refractivity contribution in [2.24, 2.45) is 7.05 Å². The SMILES string of the molecule is CC(C)(C)NC(=O)c1cn(COCC[Si](C)(C)C)c2ncc(Br)nc12.CCc1ccc2c(-c3cnc4c(n3)c(C(=O)NC(C)(C)C)cn4COCC[Si](C)(C)C)nn(C)c2c1. The Labute approximate surface area is 370 Å².